The van der Waals surface area contributed by atoms with E-state index in [2.05, 4.69) is 46.2 Å². The molecule has 0 bridgehead atoms. The largest absolute Gasteiger partial charge is 0.306 e. The maximum absolute atomic E-state index is 6.26. The second kappa shape index (κ2) is 5.70. The lowest BCUT2D eigenvalue weighted by Gasteiger charge is -2.20. The van der Waals surface area contributed by atoms with Crippen molar-refractivity contribution in [1.29, 1.82) is 0 Å². The van der Waals surface area contributed by atoms with Gasteiger partial charge in [0, 0.05) is 28.1 Å². The molecule has 1 aliphatic rings. The van der Waals surface area contributed by atoms with Crippen molar-refractivity contribution in [2.24, 2.45) is 0 Å². The fourth-order valence-electron chi connectivity index (χ4n) is 2.37. The fourth-order valence-corrected chi connectivity index (χ4v) is 3.20. The summed E-state index contributed by atoms with van der Waals surface area (Å²) in [7, 11) is 2.17. The smallest absolute Gasteiger partial charge is 0.0464 e. The second-order valence-electron chi connectivity index (χ2n) is 4.80. The molecule has 2 atom stereocenters. The van der Waals surface area contributed by atoms with Crippen LogP contribution in [-0.2, 0) is 0 Å². The summed E-state index contributed by atoms with van der Waals surface area (Å²) < 4.78 is 1.03. The van der Waals surface area contributed by atoms with E-state index >= 15 is 0 Å². The van der Waals surface area contributed by atoms with Crippen LogP contribution in [0.1, 0.15) is 24.9 Å². The van der Waals surface area contributed by atoms with Crippen LogP contribution in [-0.4, -0.2) is 31.1 Å². The van der Waals surface area contributed by atoms with E-state index in [4.69, 9.17) is 11.6 Å². The summed E-state index contributed by atoms with van der Waals surface area (Å²) >= 11 is 9.69. The van der Waals surface area contributed by atoms with E-state index in [9.17, 15) is 0 Å². The van der Waals surface area contributed by atoms with Gasteiger partial charge in [-0.3, -0.25) is 0 Å². The molecule has 0 saturated carbocycles. The standard InChI is InChI=1S/C13H18BrClN2/c1-9(16-11-5-6-17(2)8-11)12-4-3-10(14)7-13(12)15/h3-4,7,9,11,16H,5-6,8H2,1-2H3. The van der Waals surface area contributed by atoms with Crippen LogP contribution in [0, 0.1) is 0 Å². The van der Waals surface area contributed by atoms with Gasteiger partial charge in [-0.1, -0.05) is 33.6 Å². The molecule has 1 aliphatic heterocycles. The SMILES string of the molecule is CC(NC1CCN(C)C1)c1ccc(Br)cc1Cl. The monoisotopic (exact) mass is 316 g/mol. The molecule has 1 N–H and O–H groups in total. The normalized spacial score (nSPS) is 22.9. The zero-order chi connectivity index (χ0) is 12.4. The predicted molar refractivity (Wildman–Crippen MR) is 76.6 cm³/mol. The molecule has 0 spiro atoms. The predicted octanol–water partition coefficient (Wildman–Crippen LogP) is 3.46. The Hall–Kier alpha value is -0.0900. The molecule has 0 aliphatic carbocycles. The Bertz CT molecular complexity index is 397. The van der Waals surface area contributed by atoms with E-state index in [0.29, 0.717) is 12.1 Å². The van der Waals surface area contributed by atoms with Crippen molar-refractivity contribution in [3.63, 3.8) is 0 Å². The van der Waals surface area contributed by atoms with Crippen LogP contribution < -0.4 is 5.32 Å². The third kappa shape index (κ3) is 3.44. The third-order valence-electron chi connectivity index (χ3n) is 3.31. The van der Waals surface area contributed by atoms with Crippen LogP contribution in [0.2, 0.25) is 5.02 Å². The quantitative estimate of drug-likeness (QED) is 0.918. The summed E-state index contributed by atoms with van der Waals surface area (Å²) in [6, 6.07) is 6.96. The molecule has 0 amide bonds. The number of halogens is 2. The highest BCUT2D eigenvalue weighted by atomic mass is 79.9. The zero-order valence-corrected chi connectivity index (χ0v) is 12.6. The van der Waals surface area contributed by atoms with Gasteiger partial charge in [0.15, 0.2) is 0 Å². The summed E-state index contributed by atoms with van der Waals surface area (Å²) in [5.41, 5.74) is 1.17. The molecule has 2 rings (SSSR count). The minimum absolute atomic E-state index is 0.298. The van der Waals surface area contributed by atoms with E-state index in [1.54, 1.807) is 0 Å². The Morgan fingerprint density at radius 1 is 1.53 bits per heavy atom. The first kappa shape index (κ1) is 13.3. The minimum atomic E-state index is 0.298. The highest BCUT2D eigenvalue weighted by Gasteiger charge is 2.21. The van der Waals surface area contributed by atoms with Crippen molar-refractivity contribution < 1.29 is 0 Å². The number of nitrogens with one attached hydrogen (secondary N) is 1. The van der Waals surface area contributed by atoms with Crippen LogP contribution in [0.4, 0.5) is 0 Å². The zero-order valence-electron chi connectivity index (χ0n) is 10.2. The summed E-state index contributed by atoms with van der Waals surface area (Å²) in [6.45, 7) is 4.48. The molecule has 2 nitrogen and oxygen atoms in total. The molecule has 2 unspecified atom stereocenters. The number of likely N-dealkylation sites (N-methyl/N-ethyl adjacent to an activating group) is 1. The van der Waals surface area contributed by atoms with Gasteiger partial charge >= 0.3 is 0 Å². The lowest BCUT2D eigenvalue weighted by Crippen LogP contribution is -2.33. The van der Waals surface area contributed by atoms with Crippen molar-refractivity contribution in [1.82, 2.24) is 10.2 Å². The number of hydrogen-bond acceptors (Lipinski definition) is 2. The molecule has 1 saturated heterocycles. The third-order valence-corrected chi connectivity index (χ3v) is 4.13. The number of benzene rings is 1. The van der Waals surface area contributed by atoms with Crippen LogP contribution in [0.15, 0.2) is 22.7 Å². The average molecular weight is 318 g/mol. The Balaban J connectivity index is 2.01. The topological polar surface area (TPSA) is 15.3 Å². The molecule has 1 heterocycles. The molecule has 4 heteroatoms. The van der Waals surface area contributed by atoms with Crippen LogP contribution in [0.5, 0.6) is 0 Å². The van der Waals surface area contributed by atoms with Gasteiger partial charge in [-0.05, 0) is 44.6 Å². The maximum atomic E-state index is 6.26. The average Bonchev–Trinajstić information content (AvgIpc) is 2.63. The Labute approximate surface area is 116 Å². The van der Waals surface area contributed by atoms with Crippen molar-refractivity contribution in [2.75, 3.05) is 20.1 Å². The number of likely N-dealkylation sites (tertiary alicyclic amines) is 1. The molecule has 0 aromatic heterocycles. The van der Waals surface area contributed by atoms with E-state index in [1.807, 2.05) is 12.1 Å². The van der Waals surface area contributed by atoms with Crippen molar-refractivity contribution in [3.8, 4) is 0 Å². The van der Waals surface area contributed by atoms with Crippen LogP contribution in [0.25, 0.3) is 0 Å². The van der Waals surface area contributed by atoms with Crippen molar-refractivity contribution in [2.45, 2.75) is 25.4 Å². The van der Waals surface area contributed by atoms with Gasteiger partial charge < -0.3 is 10.2 Å². The summed E-state index contributed by atoms with van der Waals surface area (Å²) in [5, 5.41) is 4.47. The molecular weight excluding hydrogens is 300 g/mol. The summed E-state index contributed by atoms with van der Waals surface area (Å²) in [5.74, 6) is 0. The summed E-state index contributed by atoms with van der Waals surface area (Å²) in [4.78, 5) is 2.35. The molecule has 94 valence electrons. The van der Waals surface area contributed by atoms with Gasteiger partial charge in [0.1, 0.15) is 0 Å². The fraction of sp³-hybridized carbons (Fsp3) is 0.538. The van der Waals surface area contributed by atoms with Crippen molar-refractivity contribution >= 4 is 27.5 Å². The van der Waals surface area contributed by atoms with E-state index in [1.165, 1.54) is 18.5 Å². The van der Waals surface area contributed by atoms with Crippen LogP contribution >= 0.6 is 27.5 Å². The number of rotatable bonds is 3. The van der Waals surface area contributed by atoms with Gasteiger partial charge in [0.2, 0.25) is 0 Å². The molecule has 1 aromatic carbocycles. The first-order valence-corrected chi connectivity index (χ1v) is 7.13. The molecular formula is C13H18BrClN2. The first-order chi connectivity index (χ1) is 8.06. The highest BCUT2D eigenvalue weighted by Crippen LogP contribution is 2.27. The summed E-state index contributed by atoms with van der Waals surface area (Å²) in [6.07, 6.45) is 1.22. The second-order valence-corrected chi connectivity index (χ2v) is 6.12. The Kier molecular flexibility index (Phi) is 4.47. The van der Waals surface area contributed by atoms with E-state index in [0.717, 1.165) is 16.0 Å². The number of hydrogen-bond donors (Lipinski definition) is 1. The van der Waals surface area contributed by atoms with Gasteiger partial charge in [-0.15, -0.1) is 0 Å². The van der Waals surface area contributed by atoms with E-state index in [-0.39, 0.29) is 0 Å². The highest BCUT2D eigenvalue weighted by molar-refractivity contribution is 9.10. The van der Waals surface area contributed by atoms with Gasteiger partial charge in [0.05, 0.1) is 0 Å². The van der Waals surface area contributed by atoms with Gasteiger partial charge in [-0.2, -0.15) is 0 Å². The van der Waals surface area contributed by atoms with Crippen LogP contribution in [0.3, 0.4) is 0 Å². The Morgan fingerprint density at radius 2 is 2.29 bits per heavy atom. The first-order valence-electron chi connectivity index (χ1n) is 5.96. The minimum Gasteiger partial charge on any atom is -0.306 e. The van der Waals surface area contributed by atoms with Gasteiger partial charge in [0.25, 0.3) is 0 Å². The Morgan fingerprint density at radius 3 is 2.88 bits per heavy atom. The van der Waals surface area contributed by atoms with E-state index < -0.39 is 0 Å². The lowest BCUT2D eigenvalue weighted by atomic mass is 10.1. The maximum Gasteiger partial charge on any atom is 0.0464 e. The molecule has 0 radical (unpaired) electrons. The molecule has 17 heavy (non-hydrogen) atoms. The number of nitrogens with zero attached hydrogens (tertiary/aromatic N) is 1. The lowest BCUT2D eigenvalue weighted by molar-refractivity contribution is 0.387. The van der Waals surface area contributed by atoms with Gasteiger partial charge in [-0.25, -0.2) is 0 Å². The molecule has 1 fully saturated rings. The van der Waals surface area contributed by atoms with Crippen molar-refractivity contribution in [3.05, 3.63) is 33.3 Å². The molecule has 1 aromatic rings.